The number of nitro benzene ring substituents is 1. The number of amides is 1. The van der Waals surface area contributed by atoms with Crippen LogP contribution in [0, 0.1) is 10.1 Å². The Labute approximate surface area is 123 Å². The summed E-state index contributed by atoms with van der Waals surface area (Å²) in [5, 5.41) is 21.7. The van der Waals surface area contributed by atoms with Crippen molar-refractivity contribution in [3.05, 3.63) is 32.8 Å². The topological polar surface area (TPSA) is 110 Å². The SMILES string of the molecule is O=C(O)CCCCC(=O)Nc1ccc(Br)c([N+](=O)[O-])c1. The summed E-state index contributed by atoms with van der Waals surface area (Å²) >= 11 is 3.05. The molecule has 20 heavy (non-hydrogen) atoms. The number of benzene rings is 1. The van der Waals surface area contributed by atoms with E-state index in [9.17, 15) is 19.7 Å². The molecule has 2 N–H and O–H groups in total. The molecule has 0 spiro atoms. The fourth-order valence-corrected chi connectivity index (χ4v) is 1.91. The Kier molecular flexibility index (Phi) is 6.10. The highest BCUT2D eigenvalue weighted by molar-refractivity contribution is 9.10. The molecule has 108 valence electrons. The third-order valence-corrected chi connectivity index (χ3v) is 3.14. The molecule has 0 unspecified atom stereocenters. The van der Waals surface area contributed by atoms with E-state index in [-0.39, 0.29) is 24.4 Å². The van der Waals surface area contributed by atoms with Crippen LogP contribution in [-0.4, -0.2) is 21.9 Å². The average Bonchev–Trinajstić information content (AvgIpc) is 2.36. The molecule has 0 atom stereocenters. The summed E-state index contributed by atoms with van der Waals surface area (Å²) in [5.74, 6) is -1.19. The second-order valence-electron chi connectivity index (χ2n) is 4.07. The maximum atomic E-state index is 11.6. The molecule has 0 saturated carbocycles. The van der Waals surface area contributed by atoms with Gasteiger partial charge < -0.3 is 10.4 Å². The number of carbonyl (C=O) groups is 2. The van der Waals surface area contributed by atoms with Crippen LogP contribution in [0.15, 0.2) is 22.7 Å². The lowest BCUT2D eigenvalue weighted by Crippen LogP contribution is -2.11. The molecule has 1 aromatic carbocycles. The van der Waals surface area contributed by atoms with Gasteiger partial charge in [-0.3, -0.25) is 19.7 Å². The number of nitro groups is 1. The number of halogens is 1. The van der Waals surface area contributed by atoms with E-state index >= 15 is 0 Å². The Bertz CT molecular complexity index is 533. The molecule has 8 heteroatoms. The second kappa shape index (κ2) is 7.59. The van der Waals surface area contributed by atoms with Crippen molar-refractivity contribution in [3.63, 3.8) is 0 Å². The van der Waals surface area contributed by atoms with E-state index in [0.29, 0.717) is 23.0 Å². The highest BCUT2D eigenvalue weighted by atomic mass is 79.9. The Morgan fingerprint density at radius 3 is 2.55 bits per heavy atom. The molecule has 0 heterocycles. The van der Waals surface area contributed by atoms with Gasteiger partial charge in [-0.25, -0.2) is 0 Å². The van der Waals surface area contributed by atoms with Crippen LogP contribution in [-0.2, 0) is 9.59 Å². The summed E-state index contributed by atoms with van der Waals surface area (Å²) in [4.78, 5) is 32.1. The van der Waals surface area contributed by atoms with Gasteiger partial charge in [0.2, 0.25) is 5.91 Å². The molecule has 1 aromatic rings. The number of aliphatic carboxylic acids is 1. The molecule has 1 rings (SSSR count). The van der Waals surface area contributed by atoms with Gasteiger partial charge in [-0.15, -0.1) is 0 Å². The molecule has 0 fully saturated rings. The zero-order valence-electron chi connectivity index (χ0n) is 10.5. The minimum Gasteiger partial charge on any atom is -0.481 e. The first kappa shape index (κ1) is 16.1. The maximum absolute atomic E-state index is 11.6. The lowest BCUT2D eigenvalue weighted by Gasteiger charge is -2.05. The first-order chi connectivity index (χ1) is 9.40. The molecule has 0 aliphatic heterocycles. The number of rotatable bonds is 7. The van der Waals surface area contributed by atoms with Gasteiger partial charge >= 0.3 is 5.97 Å². The molecular formula is C12H13BrN2O5. The minimum atomic E-state index is -0.894. The number of hydrogen-bond donors (Lipinski definition) is 2. The zero-order chi connectivity index (χ0) is 15.1. The van der Waals surface area contributed by atoms with Gasteiger partial charge in [-0.1, -0.05) is 0 Å². The lowest BCUT2D eigenvalue weighted by atomic mass is 10.2. The van der Waals surface area contributed by atoms with E-state index in [0.717, 1.165) is 0 Å². The number of unbranched alkanes of at least 4 members (excludes halogenated alkanes) is 1. The minimum absolute atomic E-state index is 0.0248. The fourth-order valence-electron chi connectivity index (χ4n) is 1.52. The summed E-state index contributed by atoms with van der Waals surface area (Å²) in [6, 6.07) is 4.30. The number of nitrogens with zero attached hydrogens (tertiary/aromatic N) is 1. The van der Waals surface area contributed by atoms with Gasteiger partial charge in [-0.2, -0.15) is 0 Å². The Morgan fingerprint density at radius 1 is 1.30 bits per heavy atom. The average molecular weight is 345 g/mol. The molecule has 1 amide bonds. The van der Waals surface area contributed by atoms with Crippen LogP contribution < -0.4 is 5.32 Å². The normalized spacial score (nSPS) is 10.1. The third-order valence-electron chi connectivity index (χ3n) is 2.47. The van der Waals surface area contributed by atoms with E-state index in [1.54, 1.807) is 6.07 Å². The second-order valence-corrected chi connectivity index (χ2v) is 4.93. The van der Waals surface area contributed by atoms with Crippen molar-refractivity contribution in [1.29, 1.82) is 0 Å². The molecule has 0 saturated heterocycles. The maximum Gasteiger partial charge on any atom is 0.303 e. The number of carbonyl (C=O) groups excluding carboxylic acids is 1. The van der Waals surface area contributed by atoms with Gasteiger partial charge in [0.05, 0.1) is 9.40 Å². The zero-order valence-corrected chi connectivity index (χ0v) is 12.1. The monoisotopic (exact) mass is 344 g/mol. The third kappa shape index (κ3) is 5.35. The largest absolute Gasteiger partial charge is 0.481 e. The predicted octanol–water partition coefficient (Wildman–Crippen LogP) is 2.94. The molecule has 0 bridgehead atoms. The molecule has 0 aliphatic rings. The molecule has 0 aliphatic carbocycles. The standard InChI is InChI=1S/C12H13BrN2O5/c13-9-6-5-8(7-10(9)15(19)20)14-11(16)3-1-2-4-12(17)18/h5-7H,1-4H2,(H,14,16)(H,17,18). The molecular weight excluding hydrogens is 332 g/mol. The van der Waals surface area contributed by atoms with E-state index < -0.39 is 10.9 Å². The highest BCUT2D eigenvalue weighted by Gasteiger charge is 2.13. The van der Waals surface area contributed by atoms with Crippen LogP contribution in [0.2, 0.25) is 0 Å². The quantitative estimate of drug-likeness (QED) is 0.449. The van der Waals surface area contributed by atoms with Crippen LogP contribution in [0.5, 0.6) is 0 Å². The molecule has 7 nitrogen and oxygen atoms in total. The van der Waals surface area contributed by atoms with E-state index in [1.165, 1.54) is 12.1 Å². The first-order valence-electron chi connectivity index (χ1n) is 5.85. The van der Waals surface area contributed by atoms with Crippen molar-refractivity contribution >= 4 is 39.2 Å². The number of nitrogens with one attached hydrogen (secondary N) is 1. The summed E-state index contributed by atoms with van der Waals surface area (Å²) in [6.45, 7) is 0. The number of anilines is 1. The van der Waals surface area contributed by atoms with Crippen molar-refractivity contribution in [1.82, 2.24) is 0 Å². The summed E-state index contributed by atoms with van der Waals surface area (Å²) in [6.07, 6.45) is 1.08. The van der Waals surface area contributed by atoms with E-state index in [1.807, 2.05) is 0 Å². The Hall–Kier alpha value is -1.96. The van der Waals surface area contributed by atoms with Gasteiger partial charge in [0.1, 0.15) is 0 Å². The fraction of sp³-hybridized carbons (Fsp3) is 0.333. The summed E-state index contributed by atoms with van der Waals surface area (Å²) in [5.41, 5.74) is 0.205. The number of hydrogen-bond acceptors (Lipinski definition) is 4. The van der Waals surface area contributed by atoms with Gasteiger partial charge in [0.15, 0.2) is 0 Å². The van der Waals surface area contributed by atoms with E-state index in [4.69, 9.17) is 5.11 Å². The van der Waals surface area contributed by atoms with Crippen molar-refractivity contribution in [2.75, 3.05) is 5.32 Å². The van der Waals surface area contributed by atoms with Crippen LogP contribution in [0.3, 0.4) is 0 Å². The summed E-state index contributed by atoms with van der Waals surface area (Å²) < 4.78 is 0.335. The highest BCUT2D eigenvalue weighted by Crippen LogP contribution is 2.27. The van der Waals surface area contributed by atoms with Crippen molar-refractivity contribution < 1.29 is 19.6 Å². The first-order valence-corrected chi connectivity index (χ1v) is 6.65. The number of carboxylic acids is 1. The van der Waals surface area contributed by atoms with Gasteiger partial charge in [0, 0.05) is 24.6 Å². The van der Waals surface area contributed by atoms with Gasteiger partial charge in [-0.05, 0) is 40.9 Å². The Morgan fingerprint density at radius 2 is 1.95 bits per heavy atom. The van der Waals surface area contributed by atoms with Crippen molar-refractivity contribution in [3.8, 4) is 0 Å². The van der Waals surface area contributed by atoms with Crippen LogP contribution in [0.25, 0.3) is 0 Å². The van der Waals surface area contributed by atoms with Crippen LogP contribution >= 0.6 is 15.9 Å². The molecule has 0 aromatic heterocycles. The van der Waals surface area contributed by atoms with Crippen molar-refractivity contribution in [2.24, 2.45) is 0 Å². The van der Waals surface area contributed by atoms with E-state index in [2.05, 4.69) is 21.2 Å². The smallest absolute Gasteiger partial charge is 0.303 e. The predicted molar refractivity (Wildman–Crippen MR) is 75.5 cm³/mol. The van der Waals surface area contributed by atoms with Crippen LogP contribution in [0.1, 0.15) is 25.7 Å². The van der Waals surface area contributed by atoms with Crippen molar-refractivity contribution in [2.45, 2.75) is 25.7 Å². The lowest BCUT2D eigenvalue weighted by molar-refractivity contribution is -0.385. The summed E-state index contributed by atoms with van der Waals surface area (Å²) in [7, 11) is 0. The molecule has 0 radical (unpaired) electrons. The Balaban J connectivity index is 2.52. The number of carboxylic acid groups (broad SMARTS) is 1. The van der Waals surface area contributed by atoms with Gasteiger partial charge in [0.25, 0.3) is 5.69 Å². The van der Waals surface area contributed by atoms with Crippen LogP contribution in [0.4, 0.5) is 11.4 Å².